The Hall–Kier alpha value is -2.49. The Bertz CT molecular complexity index is 919. The van der Waals surface area contributed by atoms with Crippen LogP contribution in [0.2, 0.25) is 5.02 Å². The van der Waals surface area contributed by atoms with E-state index in [4.69, 9.17) is 26.2 Å². The number of hydrogen-bond acceptors (Lipinski definition) is 6. The van der Waals surface area contributed by atoms with Crippen LogP contribution in [0, 0.1) is 0 Å². The molecule has 2 rings (SSSR count). The normalized spacial score (nSPS) is 11.0. The zero-order chi connectivity index (χ0) is 21.3. The van der Waals surface area contributed by atoms with Crippen molar-refractivity contribution in [1.29, 1.82) is 0 Å². The molecule has 0 radical (unpaired) electrons. The number of aliphatic hydroxyl groups is 1. The van der Waals surface area contributed by atoms with E-state index in [-0.39, 0.29) is 34.8 Å². The van der Waals surface area contributed by atoms with E-state index in [2.05, 4.69) is 10.0 Å². The molecule has 0 aliphatic carbocycles. The lowest BCUT2D eigenvalue weighted by Crippen LogP contribution is -2.30. The van der Waals surface area contributed by atoms with Crippen LogP contribution in [0.1, 0.15) is 13.3 Å². The lowest BCUT2D eigenvalue weighted by atomic mass is 10.3. The molecule has 0 bridgehead atoms. The first-order chi connectivity index (χ1) is 13.9. The maximum absolute atomic E-state index is 12.6. The van der Waals surface area contributed by atoms with Crippen molar-refractivity contribution in [3.05, 3.63) is 47.5 Å². The summed E-state index contributed by atoms with van der Waals surface area (Å²) in [5, 5.41) is 11.3. The molecule has 0 atom stereocenters. The molecule has 2 aromatic rings. The molecule has 0 fully saturated rings. The molecule has 0 unspecified atom stereocenters. The molecule has 0 aromatic heterocycles. The van der Waals surface area contributed by atoms with Crippen molar-refractivity contribution in [1.82, 2.24) is 5.32 Å². The third-order valence-corrected chi connectivity index (χ3v) is 5.32. The number of sulfonamides is 1. The van der Waals surface area contributed by atoms with Gasteiger partial charge in [0.2, 0.25) is 0 Å². The second-order valence-electron chi connectivity index (χ2n) is 5.87. The van der Waals surface area contributed by atoms with Gasteiger partial charge in [0.15, 0.2) is 6.61 Å². The molecule has 0 spiro atoms. The van der Waals surface area contributed by atoms with E-state index in [1.165, 1.54) is 18.2 Å². The molecule has 0 saturated carbocycles. The molecule has 10 heteroatoms. The fraction of sp³-hybridized carbons (Fsp3) is 0.316. The molecule has 29 heavy (non-hydrogen) atoms. The van der Waals surface area contributed by atoms with Crippen LogP contribution in [0.15, 0.2) is 47.4 Å². The van der Waals surface area contributed by atoms with Crippen LogP contribution in [0.5, 0.6) is 11.5 Å². The number of rotatable bonds is 11. The number of carbonyl (C=O) groups excluding carboxylic acids is 1. The Morgan fingerprint density at radius 1 is 1.14 bits per heavy atom. The second kappa shape index (κ2) is 10.9. The number of nitrogens with one attached hydrogen (secondary N) is 2. The van der Waals surface area contributed by atoms with Gasteiger partial charge in [-0.05, 0) is 55.8 Å². The van der Waals surface area contributed by atoms with Gasteiger partial charge in [-0.3, -0.25) is 9.52 Å². The molecule has 0 saturated heterocycles. The van der Waals surface area contributed by atoms with Gasteiger partial charge in [0.1, 0.15) is 11.5 Å². The zero-order valence-corrected chi connectivity index (χ0v) is 17.4. The van der Waals surface area contributed by atoms with Crippen LogP contribution >= 0.6 is 11.6 Å². The SMILES string of the molecule is CCOc1ccc(NS(=O)(=O)c2ccc(OCC(=O)NCCCO)c(Cl)c2)cc1. The highest BCUT2D eigenvalue weighted by Crippen LogP contribution is 2.28. The summed E-state index contributed by atoms with van der Waals surface area (Å²) in [5.41, 5.74) is 0.379. The third-order valence-electron chi connectivity index (χ3n) is 3.65. The first-order valence-corrected chi connectivity index (χ1v) is 10.8. The number of ether oxygens (including phenoxy) is 2. The first kappa shape index (κ1) is 22.8. The van der Waals surface area contributed by atoms with Crippen LogP contribution in [0.4, 0.5) is 5.69 Å². The summed E-state index contributed by atoms with van der Waals surface area (Å²) in [6.07, 6.45) is 0.445. The van der Waals surface area contributed by atoms with Gasteiger partial charge in [0.25, 0.3) is 15.9 Å². The van der Waals surface area contributed by atoms with Gasteiger partial charge in [-0.15, -0.1) is 0 Å². The minimum absolute atomic E-state index is 0.0202. The van der Waals surface area contributed by atoms with E-state index >= 15 is 0 Å². The van der Waals surface area contributed by atoms with Gasteiger partial charge < -0.3 is 19.9 Å². The number of carbonyl (C=O) groups is 1. The number of amides is 1. The van der Waals surface area contributed by atoms with Crippen molar-refractivity contribution in [2.24, 2.45) is 0 Å². The van der Waals surface area contributed by atoms with Gasteiger partial charge in [0, 0.05) is 18.8 Å². The van der Waals surface area contributed by atoms with Crippen LogP contribution in [0.25, 0.3) is 0 Å². The molecule has 1 amide bonds. The van der Waals surface area contributed by atoms with Crippen molar-refractivity contribution < 1.29 is 27.8 Å². The van der Waals surface area contributed by atoms with Gasteiger partial charge in [0.05, 0.1) is 16.5 Å². The van der Waals surface area contributed by atoms with Crippen molar-refractivity contribution >= 4 is 33.2 Å². The minimum atomic E-state index is -3.86. The zero-order valence-electron chi connectivity index (χ0n) is 15.9. The number of hydrogen-bond donors (Lipinski definition) is 3. The molecule has 0 aliphatic rings. The lowest BCUT2D eigenvalue weighted by molar-refractivity contribution is -0.123. The fourth-order valence-corrected chi connectivity index (χ4v) is 3.65. The van der Waals surface area contributed by atoms with E-state index in [0.717, 1.165) is 0 Å². The number of aliphatic hydroxyl groups excluding tert-OH is 1. The van der Waals surface area contributed by atoms with E-state index < -0.39 is 10.0 Å². The number of halogens is 1. The summed E-state index contributed by atoms with van der Waals surface area (Å²) in [5.74, 6) is 0.452. The topological polar surface area (TPSA) is 114 Å². The van der Waals surface area contributed by atoms with Crippen LogP contribution in [0.3, 0.4) is 0 Å². The predicted octanol–water partition coefficient (Wildman–Crippen LogP) is 2.42. The summed E-state index contributed by atoms with van der Waals surface area (Å²) < 4.78 is 38.2. The molecule has 0 heterocycles. The lowest BCUT2D eigenvalue weighted by Gasteiger charge is -2.12. The molecular formula is C19H23ClN2O6S. The molecular weight excluding hydrogens is 420 g/mol. The Morgan fingerprint density at radius 3 is 2.48 bits per heavy atom. The molecule has 8 nitrogen and oxygen atoms in total. The van der Waals surface area contributed by atoms with E-state index in [1.807, 2.05) is 6.92 Å². The summed E-state index contributed by atoms with van der Waals surface area (Å²) >= 11 is 6.11. The van der Waals surface area contributed by atoms with Crippen LogP contribution < -0.4 is 19.5 Å². The maximum atomic E-state index is 12.6. The van der Waals surface area contributed by atoms with Gasteiger partial charge in [-0.25, -0.2) is 8.42 Å². The summed E-state index contributed by atoms with van der Waals surface area (Å²) in [6.45, 7) is 2.41. The summed E-state index contributed by atoms with van der Waals surface area (Å²) in [6, 6.07) is 10.5. The smallest absolute Gasteiger partial charge is 0.261 e. The standard InChI is InChI=1S/C19H23ClN2O6S/c1-2-27-15-6-4-14(5-7-15)22-29(25,26)16-8-9-18(17(20)12-16)28-13-19(24)21-10-3-11-23/h4-9,12,22-23H,2-3,10-11,13H2,1H3,(H,21,24). The quantitative estimate of drug-likeness (QED) is 0.460. The number of benzene rings is 2. The minimum Gasteiger partial charge on any atom is -0.494 e. The average Bonchev–Trinajstić information content (AvgIpc) is 2.68. The van der Waals surface area contributed by atoms with Crippen molar-refractivity contribution in [3.63, 3.8) is 0 Å². The van der Waals surface area contributed by atoms with Crippen molar-refractivity contribution in [3.8, 4) is 11.5 Å². The average molecular weight is 443 g/mol. The Labute approximate surface area is 174 Å². The molecule has 2 aromatic carbocycles. The monoisotopic (exact) mass is 442 g/mol. The van der Waals surface area contributed by atoms with E-state index in [9.17, 15) is 13.2 Å². The first-order valence-electron chi connectivity index (χ1n) is 8.91. The Kier molecular flexibility index (Phi) is 8.56. The van der Waals surface area contributed by atoms with E-state index in [1.54, 1.807) is 24.3 Å². The van der Waals surface area contributed by atoms with Gasteiger partial charge in [-0.1, -0.05) is 11.6 Å². The van der Waals surface area contributed by atoms with Crippen LogP contribution in [-0.2, 0) is 14.8 Å². The van der Waals surface area contributed by atoms with Gasteiger partial charge in [-0.2, -0.15) is 0 Å². The third kappa shape index (κ3) is 7.12. The molecule has 158 valence electrons. The maximum Gasteiger partial charge on any atom is 0.261 e. The summed E-state index contributed by atoms with van der Waals surface area (Å²) in [4.78, 5) is 11.6. The Morgan fingerprint density at radius 2 is 1.86 bits per heavy atom. The highest BCUT2D eigenvalue weighted by Gasteiger charge is 2.17. The van der Waals surface area contributed by atoms with Crippen LogP contribution in [-0.4, -0.2) is 45.8 Å². The number of anilines is 1. The Balaban J connectivity index is 2.01. The largest absolute Gasteiger partial charge is 0.494 e. The van der Waals surface area contributed by atoms with E-state index in [0.29, 0.717) is 31.0 Å². The molecule has 3 N–H and O–H groups in total. The van der Waals surface area contributed by atoms with Gasteiger partial charge >= 0.3 is 0 Å². The molecule has 0 aliphatic heterocycles. The van der Waals surface area contributed by atoms with Crippen molar-refractivity contribution in [2.45, 2.75) is 18.2 Å². The highest BCUT2D eigenvalue weighted by atomic mass is 35.5. The fourth-order valence-electron chi connectivity index (χ4n) is 2.27. The predicted molar refractivity (Wildman–Crippen MR) is 110 cm³/mol. The summed E-state index contributed by atoms with van der Waals surface area (Å²) in [7, 11) is -3.86. The highest BCUT2D eigenvalue weighted by molar-refractivity contribution is 7.92. The van der Waals surface area contributed by atoms with Crippen molar-refractivity contribution in [2.75, 3.05) is 31.1 Å². The second-order valence-corrected chi connectivity index (χ2v) is 7.96.